The van der Waals surface area contributed by atoms with E-state index >= 15 is 0 Å². The molecule has 0 aromatic heterocycles. The van der Waals surface area contributed by atoms with E-state index in [9.17, 15) is 9.90 Å². The summed E-state index contributed by atoms with van der Waals surface area (Å²) in [5, 5.41) is 18.9. The van der Waals surface area contributed by atoms with E-state index in [2.05, 4.69) is 0 Å². The normalized spacial score (nSPS) is 16.4. The second-order valence-electron chi connectivity index (χ2n) is 4.75. The molecule has 5 nitrogen and oxygen atoms in total. The Balaban J connectivity index is 1.96. The van der Waals surface area contributed by atoms with Gasteiger partial charge in [-0.05, 0) is 31.0 Å². The number of rotatable bonds is 4. The summed E-state index contributed by atoms with van der Waals surface area (Å²) < 4.78 is 5.45. The van der Waals surface area contributed by atoms with Gasteiger partial charge in [-0.3, -0.25) is 4.79 Å². The minimum Gasteiger partial charge on any atom is -0.507 e. The molecule has 0 saturated carbocycles. The minimum atomic E-state index is -0.217. The summed E-state index contributed by atoms with van der Waals surface area (Å²) in [5.74, 6) is -0.274. The number of ether oxygens (including phenoxy) is 1. The summed E-state index contributed by atoms with van der Waals surface area (Å²) in [6.07, 6.45) is 1.54. The molecule has 1 heterocycles. The second kappa shape index (κ2) is 6.92. The van der Waals surface area contributed by atoms with Gasteiger partial charge in [0.25, 0.3) is 5.91 Å². The smallest absolute Gasteiger partial charge is 0.257 e. The zero-order chi connectivity index (χ0) is 14.5. The summed E-state index contributed by atoms with van der Waals surface area (Å²) in [7, 11) is 0. The molecule has 1 aromatic rings. The molecule has 1 amide bonds. The van der Waals surface area contributed by atoms with Crippen molar-refractivity contribution in [1.29, 1.82) is 0 Å². The highest BCUT2D eigenvalue weighted by Gasteiger charge is 2.25. The van der Waals surface area contributed by atoms with Crippen LogP contribution in [-0.2, 0) is 4.74 Å². The van der Waals surface area contributed by atoms with Crippen molar-refractivity contribution in [3.63, 3.8) is 0 Å². The first kappa shape index (κ1) is 15.1. The number of amides is 1. The zero-order valence-corrected chi connectivity index (χ0v) is 11.8. The van der Waals surface area contributed by atoms with Crippen LogP contribution in [0.1, 0.15) is 23.2 Å². The molecule has 1 saturated heterocycles. The third kappa shape index (κ3) is 3.62. The molecule has 0 spiro atoms. The van der Waals surface area contributed by atoms with Gasteiger partial charge in [-0.25, -0.2) is 0 Å². The van der Waals surface area contributed by atoms with Gasteiger partial charge >= 0.3 is 0 Å². The van der Waals surface area contributed by atoms with Crippen LogP contribution in [0.15, 0.2) is 18.2 Å². The van der Waals surface area contributed by atoms with Crippen LogP contribution >= 0.6 is 11.6 Å². The first-order valence-corrected chi connectivity index (χ1v) is 7.00. The number of hydrogen-bond donors (Lipinski definition) is 2. The molecule has 6 heteroatoms. The van der Waals surface area contributed by atoms with Crippen LogP contribution in [0.4, 0.5) is 0 Å². The third-order valence-corrected chi connectivity index (χ3v) is 3.60. The fourth-order valence-corrected chi connectivity index (χ4v) is 2.47. The average molecular weight is 300 g/mol. The number of hydrogen-bond acceptors (Lipinski definition) is 4. The minimum absolute atomic E-state index is 0.00946. The topological polar surface area (TPSA) is 70.0 Å². The van der Waals surface area contributed by atoms with Crippen LogP contribution in [-0.4, -0.2) is 53.4 Å². The molecule has 0 unspecified atom stereocenters. The highest BCUT2D eigenvalue weighted by Crippen LogP contribution is 2.24. The van der Waals surface area contributed by atoms with Crippen LogP contribution in [0.3, 0.4) is 0 Å². The van der Waals surface area contributed by atoms with Gasteiger partial charge in [-0.1, -0.05) is 11.6 Å². The quantitative estimate of drug-likeness (QED) is 0.887. The number of benzene rings is 1. The fraction of sp³-hybridized carbons (Fsp3) is 0.500. The Morgan fingerprint density at radius 3 is 2.75 bits per heavy atom. The predicted molar refractivity (Wildman–Crippen MR) is 75.1 cm³/mol. The van der Waals surface area contributed by atoms with Crippen molar-refractivity contribution in [3.05, 3.63) is 28.8 Å². The first-order chi connectivity index (χ1) is 9.61. The summed E-state index contributed by atoms with van der Waals surface area (Å²) in [6, 6.07) is 4.45. The van der Waals surface area contributed by atoms with Gasteiger partial charge in [0.05, 0.1) is 24.9 Å². The summed E-state index contributed by atoms with van der Waals surface area (Å²) in [4.78, 5) is 14.0. The van der Waals surface area contributed by atoms with Gasteiger partial charge in [0.1, 0.15) is 5.75 Å². The van der Waals surface area contributed by atoms with E-state index in [0.29, 0.717) is 24.7 Å². The number of carbonyl (C=O) groups excluding carboxylic acids is 1. The van der Waals surface area contributed by atoms with Crippen LogP contribution in [0.25, 0.3) is 0 Å². The lowest BCUT2D eigenvalue weighted by molar-refractivity contribution is -0.00558. The molecule has 2 N–H and O–H groups in total. The van der Waals surface area contributed by atoms with E-state index in [1.54, 1.807) is 11.0 Å². The van der Waals surface area contributed by atoms with E-state index in [4.69, 9.17) is 21.4 Å². The summed E-state index contributed by atoms with van der Waals surface area (Å²) >= 11 is 5.85. The number of aliphatic hydroxyl groups is 1. The molecule has 2 rings (SSSR count). The average Bonchev–Trinajstić information content (AvgIpc) is 2.47. The maximum Gasteiger partial charge on any atom is 0.257 e. The number of aromatic hydroxyl groups is 1. The maximum atomic E-state index is 12.3. The summed E-state index contributed by atoms with van der Waals surface area (Å²) in [5.41, 5.74) is 0.229. The van der Waals surface area contributed by atoms with Crippen molar-refractivity contribution in [2.45, 2.75) is 18.9 Å². The van der Waals surface area contributed by atoms with Gasteiger partial charge in [-0.15, -0.1) is 0 Å². The highest BCUT2D eigenvalue weighted by molar-refractivity contribution is 6.31. The molecule has 1 aliphatic rings. The van der Waals surface area contributed by atoms with E-state index in [1.165, 1.54) is 12.1 Å². The largest absolute Gasteiger partial charge is 0.507 e. The molecule has 0 radical (unpaired) electrons. The Hall–Kier alpha value is -1.30. The Bertz CT molecular complexity index is 472. The van der Waals surface area contributed by atoms with Gasteiger partial charge < -0.3 is 19.8 Å². The maximum absolute atomic E-state index is 12.3. The molecule has 1 aliphatic heterocycles. The molecule has 0 aliphatic carbocycles. The number of aliphatic hydroxyl groups excluding tert-OH is 1. The van der Waals surface area contributed by atoms with Crippen molar-refractivity contribution >= 4 is 17.5 Å². The Labute approximate surface area is 122 Å². The SMILES string of the molecule is O=C(c1cc(Cl)ccc1O)N1CCC(OCCO)CC1. The van der Waals surface area contributed by atoms with E-state index in [1.807, 2.05) is 0 Å². The third-order valence-electron chi connectivity index (χ3n) is 3.36. The second-order valence-corrected chi connectivity index (χ2v) is 5.18. The lowest BCUT2D eigenvalue weighted by Gasteiger charge is -2.32. The summed E-state index contributed by atoms with van der Waals surface area (Å²) in [6.45, 7) is 1.48. The van der Waals surface area contributed by atoms with Gasteiger partial charge in [0.2, 0.25) is 0 Å². The van der Waals surface area contributed by atoms with E-state index in [-0.39, 0.29) is 29.9 Å². The Kier molecular flexibility index (Phi) is 5.23. The lowest BCUT2D eigenvalue weighted by atomic mass is 10.1. The van der Waals surface area contributed by atoms with Gasteiger partial charge in [-0.2, -0.15) is 0 Å². The molecule has 20 heavy (non-hydrogen) atoms. The zero-order valence-electron chi connectivity index (χ0n) is 11.1. The molecular weight excluding hydrogens is 282 g/mol. The van der Waals surface area contributed by atoms with Crippen LogP contribution in [0, 0.1) is 0 Å². The fourth-order valence-electron chi connectivity index (χ4n) is 2.29. The van der Waals surface area contributed by atoms with Crippen LogP contribution < -0.4 is 0 Å². The standard InChI is InChI=1S/C14H18ClNO4/c15-10-1-2-13(18)12(9-10)14(19)16-5-3-11(4-6-16)20-8-7-17/h1-2,9,11,17-18H,3-8H2. The molecule has 1 aromatic carbocycles. The molecule has 0 atom stereocenters. The van der Waals surface area contributed by atoms with Crippen LogP contribution in [0.5, 0.6) is 5.75 Å². The van der Waals surface area contributed by atoms with Crippen molar-refractivity contribution in [3.8, 4) is 5.75 Å². The van der Waals surface area contributed by atoms with Crippen molar-refractivity contribution in [2.24, 2.45) is 0 Å². The monoisotopic (exact) mass is 299 g/mol. The predicted octanol–water partition coefficient (Wildman–Crippen LogP) is 1.66. The van der Waals surface area contributed by atoms with Crippen molar-refractivity contribution < 1.29 is 19.7 Å². The molecule has 0 bridgehead atoms. The number of halogens is 1. The Morgan fingerprint density at radius 1 is 1.40 bits per heavy atom. The van der Waals surface area contributed by atoms with Crippen LogP contribution in [0.2, 0.25) is 5.02 Å². The van der Waals surface area contributed by atoms with Crippen molar-refractivity contribution in [1.82, 2.24) is 4.90 Å². The Morgan fingerprint density at radius 2 is 2.10 bits per heavy atom. The first-order valence-electron chi connectivity index (χ1n) is 6.62. The number of phenols is 1. The molecule has 1 fully saturated rings. The van der Waals surface area contributed by atoms with E-state index < -0.39 is 0 Å². The number of piperidine rings is 1. The molecule has 110 valence electrons. The molecular formula is C14H18ClNO4. The van der Waals surface area contributed by atoms with Gasteiger partial charge in [0.15, 0.2) is 0 Å². The number of carbonyl (C=O) groups is 1. The number of likely N-dealkylation sites (tertiary alicyclic amines) is 1. The van der Waals surface area contributed by atoms with Crippen molar-refractivity contribution in [2.75, 3.05) is 26.3 Å². The highest BCUT2D eigenvalue weighted by atomic mass is 35.5. The lowest BCUT2D eigenvalue weighted by Crippen LogP contribution is -2.41. The van der Waals surface area contributed by atoms with E-state index in [0.717, 1.165) is 12.8 Å². The number of nitrogens with zero attached hydrogens (tertiary/aromatic N) is 1. The number of phenolic OH excluding ortho intramolecular Hbond substituents is 1. The van der Waals surface area contributed by atoms with Gasteiger partial charge in [0, 0.05) is 18.1 Å².